The molecule has 3 nitrogen and oxygen atoms in total. The molecule has 0 aliphatic heterocycles. The summed E-state index contributed by atoms with van der Waals surface area (Å²) >= 11 is 0. The smallest absolute Gasteiger partial charge is 0.264 e. The van der Waals surface area contributed by atoms with Crippen LogP contribution >= 0.6 is 0 Å². The highest BCUT2D eigenvalue weighted by molar-refractivity contribution is 7.82. The number of fused-ring (bicyclic) bond motifs is 1. The number of alkyl halides is 3. The minimum Gasteiger partial charge on any atom is -0.264 e. The zero-order valence-electron chi connectivity index (χ0n) is 13.4. The third kappa shape index (κ3) is 3.59. The second kappa shape index (κ2) is 6.84. The molecule has 1 aromatic heterocycles. The first-order valence-electron chi connectivity index (χ1n) is 7.79. The number of benzene rings is 1. The molecule has 134 valence electrons. The van der Waals surface area contributed by atoms with Crippen molar-refractivity contribution in [3.05, 3.63) is 53.1 Å². The zero-order chi connectivity index (χ0) is 18.2. The lowest BCUT2D eigenvalue weighted by atomic mass is 9.98. The van der Waals surface area contributed by atoms with E-state index < -0.39 is 28.5 Å². The summed E-state index contributed by atoms with van der Waals surface area (Å²) in [5.74, 6) is -0.828. The van der Waals surface area contributed by atoms with Crippen molar-refractivity contribution in [3.63, 3.8) is 0 Å². The summed E-state index contributed by atoms with van der Waals surface area (Å²) in [5, 5.41) is 0. The van der Waals surface area contributed by atoms with Gasteiger partial charge in [0.25, 0.3) is 0 Å². The minimum atomic E-state index is -4.72. The predicted molar refractivity (Wildman–Crippen MR) is 87.5 cm³/mol. The van der Waals surface area contributed by atoms with Gasteiger partial charge in [-0.2, -0.15) is 13.2 Å². The Labute approximate surface area is 145 Å². The van der Waals surface area contributed by atoms with Crippen molar-refractivity contribution in [1.82, 2.24) is 9.71 Å². The van der Waals surface area contributed by atoms with Crippen LogP contribution in [0.3, 0.4) is 0 Å². The predicted octanol–water partition coefficient (Wildman–Crippen LogP) is 4.17. The minimum absolute atomic E-state index is 0.123. The van der Waals surface area contributed by atoms with E-state index in [1.165, 1.54) is 12.3 Å². The van der Waals surface area contributed by atoms with Gasteiger partial charge in [-0.25, -0.2) is 13.3 Å². The molecule has 0 spiro atoms. The summed E-state index contributed by atoms with van der Waals surface area (Å²) in [6, 6.07) is 2.78. The quantitative estimate of drug-likeness (QED) is 0.819. The Morgan fingerprint density at radius 3 is 2.72 bits per heavy atom. The fourth-order valence-corrected chi connectivity index (χ4v) is 3.78. The molecule has 2 unspecified atom stereocenters. The van der Waals surface area contributed by atoms with E-state index in [2.05, 4.69) is 9.71 Å². The number of rotatable bonds is 4. The molecule has 0 radical (unpaired) electrons. The number of halogens is 4. The van der Waals surface area contributed by atoms with Crippen LogP contribution in [0.1, 0.15) is 36.1 Å². The molecular formula is C17H16F4N2OS. The highest BCUT2D eigenvalue weighted by atomic mass is 32.2. The molecule has 1 N–H and O–H groups in total. The number of nitrogens with one attached hydrogen (secondary N) is 1. The number of pyridine rings is 1. The van der Waals surface area contributed by atoms with Gasteiger partial charge >= 0.3 is 6.18 Å². The van der Waals surface area contributed by atoms with E-state index in [1.807, 2.05) is 0 Å². The van der Waals surface area contributed by atoms with Gasteiger partial charge in [-0.05, 0) is 41.7 Å². The molecule has 1 aliphatic carbocycles. The lowest BCUT2D eigenvalue weighted by Gasteiger charge is -2.14. The summed E-state index contributed by atoms with van der Waals surface area (Å²) in [6.45, 7) is 1.80. The molecule has 0 fully saturated rings. The normalized spacial score (nSPS) is 18.2. The highest BCUT2D eigenvalue weighted by Crippen LogP contribution is 2.39. The maximum atomic E-state index is 13.9. The van der Waals surface area contributed by atoms with Crippen LogP contribution in [0.4, 0.5) is 17.6 Å². The summed E-state index contributed by atoms with van der Waals surface area (Å²) < 4.78 is 66.8. The fraction of sp³-hybridized carbons (Fsp3) is 0.353. The van der Waals surface area contributed by atoms with E-state index in [9.17, 15) is 21.8 Å². The van der Waals surface area contributed by atoms with Crippen molar-refractivity contribution in [2.75, 3.05) is 5.75 Å². The molecule has 8 heteroatoms. The maximum Gasteiger partial charge on any atom is 0.419 e. The fourth-order valence-electron chi connectivity index (χ4n) is 3.05. The topological polar surface area (TPSA) is 42.0 Å². The van der Waals surface area contributed by atoms with E-state index in [1.54, 1.807) is 13.1 Å². The van der Waals surface area contributed by atoms with Gasteiger partial charge in [-0.3, -0.25) is 4.98 Å². The molecule has 0 saturated heterocycles. The largest absolute Gasteiger partial charge is 0.419 e. The molecule has 0 amide bonds. The SMILES string of the molecule is CCS(=O)NC1CCc2c(-c3ccc(C(F)(F)F)c(F)c3)cncc21. The van der Waals surface area contributed by atoms with E-state index in [0.717, 1.165) is 23.3 Å². The number of nitrogens with zero attached hydrogens (tertiary/aromatic N) is 1. The maximum absolute atomic E-state index is 13.9. The molecule has 25 heavy (non-hydrogen) atoms. The third-order valence-electron chi connectivity index (χ3n) is 4.27. The number of hydrogen-bond donors (Lipinski definition) is 1. The summed E-state index contributed by atoms with van der Waals surface area (Å²) in [4.78, 5) is 4.13. The van der Waals surface area contributed by atoms with Crippen LogP contribution in [0.2, 0.25) is 0 Å². The molecular weight excluding hydrogens is 356 g/mol. The van der Waals surface area contributed by atoms with E-state index >= 15 is 0 Å². The average Bonchev–Trinajstić information content (AvgIpc) is 2.96. The van der Waals surface area contributed by atoms with Crippen LogP contribution in [0.15, 0.2) is 30.6 Å². The molecule has 2 atom stereocenters. The van der Waals surface area contributed by atoms with Crippen molar-refractivity contribution in [1.29, 1.82) is 0 Å². The Kier molecular flexibility index (Phi) is 4.92. The van der Waals surface area contributed by atoms with Gasteiger partial charge in [-0.15, -0.1) is 0 Å². The summed E-state index contributed by atoms with van der Waals surface area (Å²) in [6.07, 6.45) is -0.160. The van der Waals surface area contributed by atoms with Crippen molar-refractivity contribution in [3.8, 4) is 11.1 Å². The van der Waals surface area contributed by atoms with Crippen LogP contribution in [-0.2, 0) is 23.6 Å². The zero-order valence-corrected chi connectivity index (χ0v) is 14.2. The molecule has 2 aromatic rings. The molecule has 0 bridgehead atoms. The van der Waals surface area contributed by atoms with Crippen LogP contribution in [0.25, 0.3) is 11.1 Å². The molecule has 1 heterocycles. The second-order valence-corrected chi connectivity index (χ2v) is 7.29. The molecule has 0 saturated carbocycles. The van der Waals surface area contributed by atoms with E-state index in [4.69, 9.17) is 0 Å². The monoisotopic (exact) mass is 372 g/mol. The van der Waals surface area contributed by atoms with Crippen molar-refractivity contribution in [2.24, 2.45) is 0 Å². The standard InChI is InChI=1S/C17H16F4N2OS/c1-2-25(24)23-16-6-4-11-12(8-22-9-13(11)16)10-3-5-14(15(18)7-10)17(19,20)21/h3,5,7-9,16,23H,2,4,6H2,1H3. The average molecular weight is 372 g/mol. The van der Waals surface area contributed by atoms with Gasteiger partial charge in [-0.1, -0.05) is 13.0 Å². The lowest BCUT2D eigenvalue weighted by molar-refractivity contribution is -0.139. The third-order valence-corrected chi connectivity index (χ3v) is 5.34. The Bertz CT molecular complexity index is 823. The Hall–Kier alpha value is -1.80. The van der Waals surface area contributed by atoms with Crippen molar-refractivity contribution < 1.29 is 21.8 Å². The van der Waals surface area contributed by atoms with Crippen LogP contribution < -0.4 is 4.72 Å². The van der Waals surface area contributed by atoms with Crippen LogP contribution in [-0.4, -0.2) is 14.9 Å². The Morgan fingerprint density at radius 1 is 1.32 bits per heavy atom. The van der Waals surface area contributed by atoms with Gasteiger partial charge < -0.3 is 0 Å². The van der Waals surface area contributed by atoms with Crippen LogP contribution in [0.5, 0.6) is 0 Å². The van der Waals surface area contributed by atoms with E-state index in [-0.39, 0.29) is 6.04 Å². The van der Waals surface area contributed by atoms with Gasteiger partial charge in [0.2, 0.25) is 0 Å². The second-order valence-electron chi connectivity index (χ2n) is 5.79. The first kappa shape index (κ1) is 18.0. The van der Waals surface area contributed by atoms with Crippen molar-refractivity contribution in [2.45, 2.75) is 32.0 Å². The first-order chi connectivity index (χ1) is 11.8. The van der Waals surface area contributed by atoms with Gasteiger partial charge in [0.1, 0.15) is 5.82 Å². The Morgan fingerprint density at radius 2 is 2.08 bits per heavy atom. The molecule has 1 aromatic carbocycles. The molecule has 1 aliphatic rings. The van der Waals surface area contributed by atoms with Gasteiger partial charge in [0.15, 0.2) is 0 Å². The number of aromatic nitrogens is 1. The van der Waals surface area contributed by atoms with Crippen LogP contribution in [0, 0.1) is 5.82 Å². The summed E-state index contributed by atoms with van der Waals surface area (Å²) in [5.41, 5.74) is 1.44. The highest BCUT2D eigenvalue weighted by Gasteiger charge is 2.34. The summed E-state index contributed by atoms with van der Waals surface area (Å²) in [7, 11) is -1.15. The Balaban J connectivity index is 1.98. The van der Waals surface area contributed by atoms with Crippen molar-refractivity contribution >= 4 is 11.0 Å². The van der Waals surface area contributed by atoms with E-state index in [0.29, 0.717) is 29.7 Å². The molecule has 3 rings (SSSR count). The lowest BCUT2D eigenvalue weighted by Crippen LogP contribution is -2.23. The first-order valence-corrected chi connectivity index (χ1v) is 9.11. The van der Waals surface area contributed by atoms with Gasteiger partial charge in [0, 0.05) is 29.8 Å². The number of hydrogen-bond acceptors (Lipinski definition) is 2. The van der Waals surface area contributed by atoms with Gasteiger partial charge in [0.05, 0.1) is 16.5 Å².